The summed E-state index contributed by atoms with van der Waals surface area (Å²) < 4.78 is 0. The van der Waals surface area contributed by atoms with Crippen molar-refractivity contribution in [3.63, 3.8) is 0 Å². The van der Waals surface area contributed by atoms with Gasteiger partial charge in [0.2, 0.25) is 0 Å². The largest absolute Gasteiger partial charge is 0.347 e. The Hall–Kier alpha value is -2.18. The van der Waals surface area contributed by atoms with Crippen molar-refractivity contribution in [3.8, 4) is 0 Å². The van der Waals surface area contributed by atoms with Gasteiger partial charge in [-0.15, -0.1) is 11.3 Å². The first-order valence-electron chi connectivity index (χ1n) is 8.82. The van der Waals surface area contributed by atoms with Crippen LogP contribution in [0.4, 0.5) is 0 Å². The van der Waals surface area contributed by atoms with E-state index in [1.165, 1.54) is 11.3 Å². The third-order valence-electron chi connectivity index (χ3n) is 5.00. The van der Waals surface area contributed by atoms with Crippen molar-refractivity contribution in [2.24, 2.45) is 11.1 Å². The van der Waals surface area contributed by atoms with Crippen LogP contribution in [0.1, 0.15) is 45.9 Å². The van der Waals surface area contributed by atoms with Gasteiger partial charge < -0.3 is 16.0 Å². The molecule has 138 valence electrons. The molecule has 2 amide bonds. The van der Waals surface area contributed by atoms with Gasteiger partial charge in [0.05, 0.1) is 4.88 Å². The number of hydrogen-bond donors (Lipinski definition) is 2. The highest BCUT2D eigenvalue weighted by Crippen LogP contribution is 2.28. The fourth-order valence-corrected chi connectivity index (χ4v) is 3.81. The van der Waals surface area contributed by atoms with E-state index in [1.54, 1.807) is 6.07 Å². The Labute approximate surface area is 158 Å². The van der Waals surface area contributed by atoms with E-state index >= 15 is 0 Å². The number of likely N-dealkylation sites (tertiary alicyclic amines) is 1. The Morgan fingerprint density at radius 3 is 2.62 bits per heavy atom. The Morgan fingerprint density at radius 1 is 1.27 bits per heavy atom. The molecule has 6 heteroatoms. The number of nitrogens with two attached hydrogens (primary N) is 1. The van der Waals surface area contributed by atoms with Gasteiger partial charge in [0.25, 0.3) is 11.8 Å². The summed E-state index contributed by atoms with van der Waals surface area (Å²) in [5, 5.41) is 4.77. The molecule has 3 N–H and O–H groups in total. The molecular formula is C20H25N3O2S. The lowest BCUT2D eigenvalue weighted by atomic mass is 9.79. The summed E-state index contributed by atoms with van der Waals surface area (Å²) in [4.78, 5) is 27.3. The van der Waals surface area contributed by atoms with Crippen molar-refractivity contribution >= 4 is 23.2 Å². The molecule has 1 aromatic carbocycles. The van der Waals surface area contributed by atoms with E-state index < -0.39 is 0 Å². The summed E-state index contributed by atoms with van der Waals surface area (Å²) >= 11 is 1.42. The van der Waals surface area contributed by atoms with Gasteiger partial charge in [0, 0.05) is 31.2 Å². The molecule has 1 saturated heterocycles. The Kier molecular flexibility index (Phi) is 5.44. The van der Waals surface area contributed by atoms with Gasteiger partial charge in [0.15, 0.2) is 0 Å². The molecule has 2 aromatic rings. The lowest BCUT2D eigenvalue weighted by molar-refractivity contribution is 0.0533. The van der Waals surface area contributed by atoms with E-state index in [0.717, 1.165) is 12.0 Å². The van der Waals surface area contributed by atoms with E-state index in [9.17, 15) is 9.59 Å². The predicted octanol–water partition coefficient (Wildman–Crippen LogP) is 2.88. The normalized spacial score (nSPS) is 19.2. The SMILES string of the molecule is CC1(C)CN(C(=O)c2ccc(CNC(=O)c3cccs3)cc2)CCC1N. The van der Waals surface area contributed by atoms with Crippen molar-refractivity contribution < 1.29 is 9.59 Å². The molecule has 2 heterocycles. The molecule has 1 atom stereocenters. The maximum absolute atomic E-state index is 12.7. The molecule has 0 spiro atoms. The molecule has 3 rings (SSSR count). The Balaban J connectivity index is 1.59. The Morgan fingerprint density at radius 2 is 2.00 bits per heavy atom. The van der Waals surface area contributed by atoms with Gasteiger partial charge in [0.1, 0.15) is 0 Å². The first kappa shape index (κ1) is 18.6. The number of benzene rings is 1. The summed E-state index contributed by atoms with van der Waals surface area (Å²) in [5.74, 6) is -0.0359. The number of hydrogen-bond acceptors (Lipinski definition) is 4. The van der Waals surface area contributed by atoms with Gasteiger partial charge >= 0.3 is 0 Å². The molecule has 0 bridgehead atoms. The highest BCUT2D eigenvalue weighted by atomic mass is 32.1. The van der Waals surface area contributed by atoms with Crippen molar-refractivity contribution in [2.45, 2.75) is 32.9 Å². The summed E-state index contributed by atoms with van der Waals surface area (Å²) in [7, 11) is 0. The smallest absolute Gasteiger partial charge is 0.261 e. The first-order chi connectivity index (χ1) is 12.4. The van der Waals surface area contributed by atoms with Gasteiger partial charge in [-0.3, -0.25) is 9.59 Å². The van der Waals surface area contributed by atoms with Crippen LogP contribution < -0.4 is 11.1 Å². The number of carbonyl (C=O) groups is 2. The summed E-state index contributed by atoms with van der Waals surface area (Å²) in [6.07, 6.45) is 0.825. The molecule has 0 radical (unpaired) electrons. The minimum Gasteiger partial charge on any atom is -0.347 e. The van der Waals surface area contributed by atoms with Crippen molar-refractivity contribution in [2.75, 3.05) is 13.1 Å². The molecule has 1 aliphatic rings. The second-order valence-corrected chi connectivity index (χ2v) is 8.42. The van der Waals surface area contributed by atoms with Crippen LogP contribution in [-0.2, 0) is 6.54 Å². The molecule has 0 aliphatic carbocycles. The van der Waals surface area contributed by atoms with Gasteiger partial charge in [-0.2, -0.15) is 0 Å². The van der Waals surface area contributed by atoms with Crippen LogP contribution in [-0.4, -0.2) is 35.8 Å². The first-order valence-corrected chi connectivity index (χ1v) is 9.70. The van der Waals surface area contributed by atoms with E-state index in [0.29, 0.717) is 30.1 Å². The van der Waals surface area contributed by atoms with Gasteiger partial charge in [-0.25, -0.2) is 0 Å². The molecule has 0 saturated carbocycles. The van der Waals surface area contributed by atoms with Crippen LogP contribution in [0.2, 0.25) is 0 Å². The summed E-state index contributed by atoms with van der Waals surface area (Å²) in [6.45, 7) is 6.03. The quantitative estimate of drug-likeness (QED) is 0.868. The Bertz CT molecular complexity index is 769. The molecular weight excluding hydrogens is 346 g/mol. The van der Waals surface area contributed by atoms with Crippen molar-refractivity contribution in [1.82, 2.24) is 10.2 Å². The van der Waals surface area contributed by atoms with Crippen molar-refractivity contribution in [3.05, 3.63) is 57.8 Å². The molecule has 5 nitrogen and oxygen atoms in total. The predicted molar refractivity (Wildman–Crippen MR) is 104 cm³/mol. The van der Waals surface area contributed by atoms with E-state index in [4.69, 9.17) is 5.73 Å². The second kappa shape index (κ2) is 7.60. The third-order valence-corrected chi connectivity index (χ3v) is 5.87. The third kappa shape index (κ3) is 4.14. The molecule has 26 heavy (non-hydrogen) atoms. The number of nitrogens with zero attached hydrogens (tertiary/aromatic N) is 1. The van der Waals surface area contributed by atoms with Gasteiger partial charge in [-0.1, -0.05) is 32.0 Å². The number of thiophene rings is 1. The number of amides is 2. The van der Waals surface area contributed by atoms with E-state index in [-0.39, 0.29) is 23.3 Å². The summed E-state index contributed by atoms with van der Waals surface area (Å²) in [6, 6.07) is 11.2. The van der Waals surface area contributed by atoms with Crippen LogP contribution in [0, 0.1) is 5.41 Å². The maximum atomic E-state index is 12.7. The number of nitrogens with one attached hydrogen (secondary N) is 1. The highest BCUT2D eigenvalue weighted by Gasteiger charge is 2.35. The van der Waals surface area contributed by atoms with E-state index in [2.05, 4.69) is 19.2 Å². The lowest BCUT2D eigenvalue weighted by Gasteiger charge is -2.42. The second-order valence-electron chi connectivity index (χ2n) is 7.47. The minimum atomic E-state index is -0.0768. The van der Waals surface area contributed by atoms with Crippen LogP contribution in [0.15, 0.2) is 41.8 Å². The average Bonchev–Trinajstić information content (AvgIpc) is 3.16. The minimum absolute atomic E-state index is 0.0409. The van der Waals surface area contributed by atoms with Crippen molar-refractivity contribution in [1.29, 1.82) is 0 Å². The van der Waals surface area contributed by atoms with Gasteiger partial charge in [-0.05, 0) is 41.0 Å². The number of rotatable bonds is 4. The zero-order chi connectivity index (χ0) is 18.7. The monoisotopic (exact) mass is 371 g/mol. The van der Waals surface area contributed by atoms with Crippen LogP contribution in [0.25, 0.3) is 0 Å². The number of carbonyl (C=O) groups excluding carboxylic acids is 2. The zero-order valence-corrected chi connectivity index (χ0v) is 16.0. The van der Waals surface area contributed by atoms with Crippen LogP contribution in [0.3, 0.4) is 0 Å². The maximum Gasteiger partial charge on any atom is 0.261 e. The average molecular weight is 372 g/mol. The fourth-order valence-electron chi connectivity index (χ4n) is 3.17. The highest BCUT2D eigenvalue weighted by molar-refractivity contribution is 7.12. The van der Waals surface area contributed by atoms with Crippen LogP contribution >= 0.6 is 11.3 Å². The van der Waals surface area contributed by atoms with Crippen LogP contribution in [0.5, 0.6) is 0 Å². The molecule has 1 unspecified atom stereocenters. The number of piperidine rings is 1. The molecule has 1 fully saturated rings. The fraction of sp³-hybridized carbons (Fsp3) is 0.400. The molecule has 1 aliphatic heterocycles. The zero-order valence-electron chi connectivity index (χ0n) is 15.2. The van der Waals surface area contributed by atoms with E-state index in [1.807, 2.05) is 40.6 Å². The topological polar surface area (TPSA) is 75.4 Å². The standard InChI is InChI=1S/C20H25N3O2S/c1-20(2)13-23(10-9-17(20)21)19(25)15-7-5-14(6-8-15)12-22-18(24)16-4-3-11-26-16/h3-8,11,17H,9-10,12-13,21H2,1-2H3,(H,22,24). The summed E-state index contributed by atoms with van der Waals surface area (Å²) in [5.41, 5.74) is 7.72. The lowest BCUT2D eigenvalue weighted by Crippen LogP contribution is -2.53. The molecule has 1 aromatic heterocycles.